The zero-order valence-corrected chi connectivity index (χ0v) is 13.8. The average Bonchev–Trinajstić information content (AvgIpc) is 3.07. The summed E-state index contributed by atoms with van der Waals surface area (Å²) in [5.74, 6) is -0.353. The van der Waals surface area contributed by atoms with Gasteiger partial charge in [-0.1, -0.05) is 47.1 Å². The van der Waals surface area contributed by atoms with Gasteiger partial charge in [-0.2, -0.15) is 5.10 Å². The van der Waals surface area contributed by atoms with E-state index in [1.807, 2.05) is 30.3 Å². The van der Waals surface area contributed by atoms with Crippen LogP contribution in [0.15, 0.2) is 59.8 Å². The molecule has 0 fully saturated rings. The van der Waals surface area contributed by atoms with E-state index in [2.05, 4.69) is 20.8 Å². The number of hydrogen-bond acceptors (Lipinski definition) is 5. The molecule has 0 aliphatic heterocycles. The molecular formula is C17H14ClN5O2. The van der Waals surface area contributed by atoms with E-state index in [1.165, 1.54) is 23.0 Å². The van der Waals surface area contributed by atoms with Crippen LogP contribution in [0.3, 0.4) is 0 Å². The second kappa shape index (κ2) is 7.59. The standard InChI is InChI=1S/C17H14ClN5O2/c18-14-6-7-16(24)13(8-14)9-19-21-17(25)11-23-10-15(20-22-23)12-4-2-1-3-5-12/h1-10,24H,11H2,(H,21,25). The molecule has 3 rings (SSSR count). The average molecular weight is 356 g/mol. The molecule has 2 aromatic carbocycles. The highest BCUT2D eigenvalue weighted by Crippen LogP contribution is 2.19. The molecule has 0 bridgehead atoms. The molecule has 1 heterocycles. The normalized spacial score (nSPS) is 10.9. The first-order chi connectivity index (χ1) is 12.1. The lowest BCUT2D eigenvalue weighted by Crippen LogP contribution is -2.23. The molecule has 0 saturated carbocycles. The van der Waals surface area contributed by atoms with E-state index < -0.39 is 0 Å². The highest BCUT2D eigenvalue weighted by atomic mass is 35.5. The second-order valence-corrected chi connectivity index (χ2v) is 5.60. The van der Waals surface area contributed by atoms with Crippen LogP contribution < -0.4 is 5.43 Å². The smallest absolute Gasteiger partial charge is 0.261 e. The number of nitrogens with one attached hydrogen (secondary N) is 1. The number of hydrogen-bond donors (Lipinski definition) is 2. The van der Waals surface area contributed by atoms with Crippen molar-refractivity contribution in [1.82, 2.24) is 20.4 Å². The Morgan fingerprint density at radius 3 is 2.88 bits per heavy atom. The quantitative estimate of drug-likeness (QED) is 0.543. The molecule has 1 aromatic heterocycles. The van der Waals surface area contributed by atoms with Crippen molar-refractivity contribution in [2.24, 2.45) is 5.10 Å². The molecule has 8 heteroatoms. The van der Waals surface area contributed by atoms with Gasteiger partial charge in [-0.05, 0) is 18.2 Å². The van der Waals surface area contributed by atoms with Gasteiger partial charge >= 0.3 is 0 Å². The number of carbonyl (C=O) groups excluding carboxylic acids is 1. The van der Waals surface area contributed by atoms with Gasteiger partial charge in [-0.3, -0.25) is 4.79 Å². The number of aromatic hydroxyl groups is 1. The summed E-state index contributed by atoms with van der Waals surface area (Å²) in [4.78, 5) is 11.9. The first-order valence-corrected chi connectivity index (χ1v) is 7.75. The number of hydrazone groups is 1. The van der Waals surface area contributed by atoms with Gasteiger partial charge in [-0.15, -0.1) is 5.10 Å². The fourth-order valence-electron chi connectivity index (χ4n) is 2.10. The van der Waals surface area contributed by atoms with Crippen LogP contribution in [0.2, 0.25) is 5.02 Å². The zero-order chi connectivity index (χ0) is 17.6. The Morgan fingerprint density at radius 1 is 1.28 bits per heavy atom. The largest absolute Gasteiger partial charge is 0.507 e. The van der Waals surface area contributed by atoms with Gasteiger partial charge in [0.05, 0.1) is 12.4 Å². The molecule has 126 valence electrons. The zero-order valence-electron chi connectivity index (χ0n) is 13.0. The van der Waals surface area contributed by atoms with Crippen molar-refractivity contribution in [3.8, 4) is 17.0 Å². The van der Waals surface area contributed by atoms with Gasteiger partial charge in [0.25, 0.3) is 5.91 Å². The molecule has 0 spiro atoms. The van der Waals surface area contributed by atoms with Crippen LogP contribution in [-0.2, 0) is 11.3 Å². The fourth-order valence-corrected chi connectivity index (χ4v) is 2.28. The summed E-state index contributed by atoms with van der Waals surface area (Å²) in [6, 6.07) is 14.1. The maximum absolute atomic E-state index is 11.9. The lowest BCUT2D eigenvalue weighted by Gasteiger charge is -2.01. The van der Waals surface area contributed by atoms with Crippen molar-refractivity contribution in [3.05, 3.63) is 65.3 Å². The number of phenolic OH excluding ortho intramolecular Hbond substituents is 1. The second-order valence-electron chi connectivity index (χ2n) is 5.16. The van der Waals surface area contributed by atoms with E-state index in [0.29, 0.717) is 16.3 Å². The number of amides is 1. The van der Waals surface area contributed by atoms with Gasteiger partial charge in [0.1, 0.15) is 18.0 Å². The molecule has 0 radical (unpaired) electrons. The number of phenols is 1. The number of benzene rings is 2. The van der Waals surface area contributed by atoms with E-state index in [9.17, 15) is 9.90 Å². The van der Waals surface area contributed by atoms with Crippen molar-refractivity contribution < 1.29 is 9.90 Å². The third-order valence-corrected chi connectivity index (χ3v) is 3.53. The van der Waals surface area contributed by atoms with Gasteiger partial charge in [0.15, 0.2) is 0 Å². The predicted molar refractivity (Wildman–Crippen MR) is 94.3 cm³/mol. The minimum absolute atomic E-state index is 0.0196. The number of aromatic nitrogens is 3. The molecule has 0 aliphatic carbocycles. The minimum atomic E-state index is -0.373. The molecule has 1 amide bonds. The minimum Gasteiger partial charge on any atom is -0.507 e. The van der Waals surface area contributed by atoms with Gasteiger partial charge < -0.3 is 5.11 Å². The van der Waals surface area contributed by atoms with Crippen LogP contribution in [0.1, 0.15) is 5.56 Å². The highest BCUT2D eigenvalue weighted by Gasteiger charge is 2.07. The van der Waals surface area contributed by atoms with Crippen LogP contribution in [-0.4, -0.2) is 32.2 Å². The van der Waals surface area contributed by atoms with Crippen molar-refractivity contribution >= 4 is 23.7 Å². The Hall–Kier alpha value is -3.19. The molecule has 0 saturated heterocycles. The maximum Gasteiger partial charge on any atom is 0.261 e. The maximum atomic E-state index is 11.9. The molecule has 0 unspecified atom stereocenters. The van der Waals surface area contributed by atoms with Crippen LogP contribution >= 0.6 is 11.6 Å². The van der Waals surface area contributed by atoms with Crippen molar-refractivity contribution in [1.29, 1.82) is 0 Å². The lowest BCUT2D eigenvalue weighted by molar-refractivity contribution is -0.121. The first kappa shape index (κ1) is 16.7. The molecule has 0 atom stereocenters. The van der Waals surface area contributed by atoms with Crippen LogP contribution in [0, 0.1) is 0 Å². The Morgan fingerprint density at radius 2 is 2.08 bits per heavy atom. The number of nitrogens with zero attached hydrogens (tertiary/aromatic N) is 4. The lowest BCUT2D eigenvalue weighted by atomic mass is 10.2. The summed E-state index contributed by atoms with van der Waals surface area (Å²) < 4.78 is 1.42. The van der Waals surface area contributed by atoms with E-state index in [0.717, 1.165) is 5.56 Å². The third kappa shape index (κ3) is 4.42. The van der Waals surface area contributed by atoms with Crippen molar-refractivity contribution in [3.63, 3.8) is 0 Å². The Kier molecular flexibility index (Phi) is 5.06. The first-order valence-electron chi connectivity index (χ1n) is 7.38. The molecular weight excluding hydrogens is 342 g/mol. The molecule has 7 nitrogen and oxygen atoms in total. The summed E-state index contributed by atoms with van der Waals surface area (Å²) in [7, 11) is 0. The number of halogens is 1. The third-order valence-electron chi connectivity index (χ3n) is 3.30. The summed E-state index contributed by atoms with van der Waals surface area (Å²) in [5, 5.41) is 21.9. The van der Waals surface area contributed by atoms with Crippen molar-refractivity contribution in [2.45, 2.75) is 6.54 Å². The summed E-state index contributed by atoms with van der Waals surface area (Å²) in [5.41, 5.74) is 4.37. The summed E-state index contributed by atoms with van der Waals surface area (Å²) >= 11 is 5.84. The number of carbonyl (C=O) groups is 1. The molecule has 3 aromatic rings. The molecule has 25 heavy (non-hydrogen) atoms. The fraction of sp³-hybridized carbons (Fsp3) is 0.0588. The van der Waals surface area contributed by atoms with Gasteiger partial charge in [-0.25, -0.2) is 10.1 Å². The van der Waals surface area contributed by atoms with E-state index >= 15 is 0 Å². The Balaban J connectivity index is 1.59. The Labute approximate surface area is 148 Å². The molecule has 0 aliphatic rings. The number of rotatable bonds is 5. The highest BCUT2D eigenvalue weighted by molar-refractivity contribution is 6.30. The van der Waals surface area contributed by atoms with Crippen LogP contribution in [0.5, 0.6) is 5.75 Å². The predicted octanol–water partition coefficient (Wildman–Crippen LogP) is 2.45. The van der Waals surface area contributed by atoms with Gasteiger partial charge in [0.2, 0.25) is 0 Å². The monoisotopic (exact) mass is 355 g/mol. The van der Waals surface area contributed by atoms with E-state index in [4.69, 9.17) is 11.6 Å². The topological polar surface area (TPSA) is 92.4 Å². The van der Waals surface area contributed by atoms with Crippen LogP contribution in [0.4, 0.5) is 0 Å². The Bertz CT molecular complexity index is 908. The van der Waals surface area contributed by atoms with E-state index in [1.54, 1.807) is 12.3 Å². The van der Waals surface area contributed by atoms with Gasteiger partial charge in [0, 0.05) is 16.1 Å². The van der Waals surface area contributed by atoms with Crippen LogP contribution in [0.25, 0.3) is 11.3 Å². The molecule has 2 N–H and O–H groups in total. The van der Waals surface area contributed by atoms with Crippen molar-refractivity contribution in [2.75, 3.05) is 0 Å². The SMILES string of the molecule is O=C(Cn1cc(-c2ccccc2)nn1)NN=Cc1cc(Cl)ccc1O. The summed E-state index contributed by atoms with van der Waals surface area (Å²) in [6.07, 6.45) is 3.00. The van der Waals surface area contributed by atoms with E-state index in [-0.39, 0.29) is 18.2 Å². The summed E-state index contributed by atoms with van der Waals surface area (Å²) in [6.45, 7) is -0.0291.